The molecule has 2 rings (SSSR count). The zero-order valence-corrected chi connectivity index (χ0v) is 11.1. The van der Waals surface area contributed by atoms with E-state index in [-0.39, 0.29) is 19.1 Å². The Kier molecular flexibility index (Phi) is 4.49. The summed E-state index contributed by atoms with van der Waals surface area (Å²) in [7, 11) is 1.72. The Bertz CT molecular complexity index is 593. The predicted molar refractivity (Wildman–Crippen MR) is 72.3 cm³/mol. The maximum Gasteiger partial charge on any atom is 0.341 e. The number of amides is 1. The molecule has 6 nitrogen and oxygen atoms in total. The van der Waals surface area contributed by atoms with Gasteiger partial charge in [0, 0.05) is 18.8 Å². The number of aryl methyl sites for hydroxylation is 1. The number of benzene rings is 1. The number of aromatic nitrogens is 2. The number of nitrogens with one attached hydrogen (secondary N) is 1. The molecule has 0 aliphatic rings. The van der Waals surface area contributed by atoms with E-state index >= 15 is 0 Å². The standard InChI is InChI=1S/C14H15N3O3/c1-17-10-12(9-16-17)14(19)20-8-7-15-13(18)11-5-3-2-4-6-11/h2-6,9-10H,7-8H2,1H3,(H,15,18). The molecule has 20 heavy (non-hydrogen) atoms. The summed E-state index contributed by atoms with van der Waals surface area (Å²) in [6.45, 7) is 0.381. The van der Waals surface area contributed by atoms with Crippen LogP contribution < -0.4 is 5.32 Å². The van der Waals surface area contributed by atoms with Crippen molar-refractivity contribution in [2.45, 2.75) is 0 Å². The first kappa shape index (κ1) is 13.8. The Labute approximate surface area is 116 Å². The van der Waals surface area contributed by atoms with Gasteiger partial charge in [0.05, 0.1) is 18.3 Å². The molecular weight excluding hydrogens is 258 g/mol. The van der Waals surface area contributed by atoms with Crippen LogP contribution in [0.3, 0.4) is 0 Å². The van der Waals surface area contributed by atoms with Crippen LogP contribution in [0.2, 0.25) is 0 Å². The fraction of sp³-hybridized carbons (Fsp3) is 0.214. The molecule has 0 radical (unpaired) electrons. The summed E-state index contributed by atoms with van der Waals surface area (Å²) in [5.74, 6) is -0.643. The van der Waals surface area contributed by atoms with Crippen molar-refractivity contribution in [3.05, 3.63) is 53.9 Å². The first-order valence-corrected chi connectivity index (χ1v) is 6.16. The van der Waals surface area contributed by atoms with Crippen molar-refractivity contribution in [2.75, 3.05) is 13.2 Å². The van der Waals surface area contributed by atoms with Crippen LogP contribution in [0.1, 0.15) is 20.7 Å². The van der Waals surface area contributed by atoms with Crippen molar-refractivity contribution < 1.29 is 14.3 Å². The highest BCUT2D eigenvalue weighted by atomic mass is 16.5. The monoisotopic (exact) mass is 273 g/mol. The first-order valence-electron chi connectivity index (χ1n) is 6.16. The summed E-state index contributed by atoms with van der Waals surface area (Å²) in [6, 6.07) is 8.86. The molecule has 1 amide bonds. The van der Waals surface area contributed by atoms with E-state index in [0.29, 0.717) is 11.1 Å². The topological polar surface area (TPSA) is 73.2 Å². The lowest BCUT2D eigenvalue weighted by Crippen LogP contribution is -2.27. The van der Waals surface area contributed by atoms with Crippen LogP contribution in [0, 0.1) is 0 Å². The second kappa shape index (κ2) is 6.51. The van der Waals surface area contributed by atoms with Gasteiger partial charge in [-0.05, 0) is 12.1 Å². The number of nitrogens with zero attached hydrogens (tertiary/aromatic N) is 2. The van der Waals surface area contributed by atoms with Crippen molar-refractivity contribution in [1.82, 2.24) is 15.1 Å². The molecule has 1 heterocycles. The molecule has 1 aromatic carbocycles. The normalized spacial score (nSPS) is 10.1. The smallest absolute Gasteiger partial charge is 0.341 e. The Morgan fingerprint density at radius 2 is 2.00 bits per heavy atom. The van der Waals surface area contributed by atoms with Gasteiger partial charge in [-0.2, -0.15) is 5.10 Å². The van der Waals surface area contributed by atoms with E-state index in [1.807, 2.05) is 6.07 Å². The third kappa shape index (κ3) is 3.68. The van der Waals surface area contributed by atoms with Crippen LogP contribution in [0.15, 0.2) is 42.7 Å². The van der Waals surface area contributed by atoms with Crippen LogP contribution in [0.4, 0.5) is 0 Å². The van der Waals surface area contributed by atoms with Gasteiger partial charge in [-0.15, -0.1) is 0 Å². The Morgan fingerprint density at radius 1 is 1.25 bits per heavy atom. The Morgan fingerprint density at radius 3 is 2.65 bits per heavy atom. The first-order chi connectivity index (χ1) is 9.66. The van der Waals surface area contributed by atoms with Crippen LogP contribution >= 0.6 is 0 Å². The predicted octanol–water partition coefficient (Wildman–Crippen LogP) is 1.01. The van der Waals surface area contributed by atoms with E-state index in [0.717, 1.165) is 0 Å². The third-order valence-electron chi connectivity index (χ3n) is 2.60. The van der Waals surface area contributed by atoms with Gasteiger partial charge in [0.15, 0.2) is 0 Å². The number of rotatable bonds is 5. The molecule has 104 valence electrons. The summed E-state index contributed by atoms with van der Waals surface area (Å²) in [5.41, 5.74) is 0.966. The molecule has 0 aliphatic heterocycles. The summed E-state index contributed by atoms with van der Waals surface area (Å²) in [5, 5.41) is 6.55. The van der Waals surface area contributed by atoms with Gasteiger partial charge in [-0.25, -0.2) is 4.79 Å². The molecule has 0 saturated heterocycles. The summed E-state index contributed by atoms with van der Waals surface area (Å²) < 4.78 is 6.54. The number of hydrogen-bond donors (Lipinski definition) is 1. The van der Waals surface area contributed by atoms with Crippen molar-refractivity contribution in [3.8, 4) is 0 Å². The van der Waals surface area contributed by atoms with Crippen molar-refractivity contribution in [3.63, 3.8) is 0 Å². The number of hydrogen-bond acceptors (Lipinski definition) is 4. The highest BCUT2D eigenvalue weighted by molar-refractivity contribution is 5.94. The molecule has 6 heteroatoms. The van der Waals surface area contributed by atoms with Gasteiger partial charge in [0.2, 0.25) is 0 Å². The lowest BCUT2D eigenvalue weighted by Gasteiger charge is -2.05. The quantitative estimate of drug-likeness (QED) is 0.651. The second-order valence-corrected chi connectivity index (χ2v) is 4.16. The average Bonchev–Trinajstić information content (AvgIpc) is 2.91. The van der Waals surface area contributed by atoms with Gasteiger partial charge < -0.3 is 10.1 Å². The average molecular weight is 273 g/mol. The fourth-order valence-corrected chi connectivity index (χ4v) is 1.61. The molecule has 0 unspecified atom stereocenters. The van der Waals surface area contributed by atoms with Crippen molar-refractivity contribution in [1.29, 1.82) is 0 Å². The van der Waals surface area contributed by atoms with Crippen LogP contribution in [0.25, 0.3) is 0 Å². The molecule has 2 aromatic rings. The Balaban J connectivity index is 1.72. The zero-order valence-electron chi connectivity index (χ0n) is 11.1. The van der Waals surface area contributed by atoms with E-state index in [9.17, 15) is 9.59 Å². The van der Waals surface area contributed by atoms with E-state index < -0.39 is 5.97 Å². The Hall–Kier alpha value is -2.63. The molecule has 1 aromatic heterocycles. The lowest BCUT2D eigenvalue weighted by molar-refractivity contribution is 0.0503. The summed E-state index contributed by atoms with van der Waals surface area (Å²) in [6.07, 6.45) is 3.01. The van der Waals surface area contributed by atoms with E-state index in [1.165, 1.54) is 10.9 Å². The van der Waals surface area contributed by atoms with Crippen molar-refractivity contribution in [2.24, 2.45) is 7.05 Å². The number of carbonyl (C=O) groups is 2. The van der Waals surface area contributed by atoms with Crippen LogP contribution in [-0.2, 0) is 11.8 Å². The maximum atomic E-state index is 11.7. The largest absolute Gasteiger partial charge is 0.460 e. The van der Waals surface area contributed by atoms with E-state index in [2.05, 4.69) is 10.4 Å². The minimum absolute atomic E-state index is 0.117. The van der Waals surface area contributed by atoms with Crippen LogP contribution in [-0.4, -0.2) is 34.8 Å². The lowest BCUT2D eigenvalue weighted by atomic mass is 10.2. The second-order valence-electron chi connectivity index (χ2n) is 4.16. The molecule has 0 spiro atoms. The molecule has 0 fully saturated rings. The molecule has 0 bridgehead atoms. The highest BCUT2D eigenvalue weighted by Gasteiger charge is 2.09. The zero-order chi connectivity index (χ0) is 14.4. The molecular formula is C14H15N3O3. The summed E-state index contributed by atoms with van der Waals surface area (Å²) in [4.78, 5) is 23.3. The van der Waals surface area contributed by atoms with Crippen molar-refractivity contribution >= 4 is 11.9 Å². The highest BCUT2D eigenvalue weighted by Crippen LogP contribution is 1.99. The number of carbonyl (C=O) groups excluding carboxylic acids is 2. The van der Waals surface area contributed by atoms with E-state index in [4.69, 9.17) is 4.74 Å². The molecule has 0 atom stereocenters. The van der Waals surface area contributed by atoms with Crippen LogP contribution in [0.5, 0.6) is 0 Å². The third-order valence-corrected chi connectivity index (χ3v) is 2.60. The molecule has 1 N–H and O–H groups in total. The van der Waals surface area contributed by atoms with Gasteiger partial charge in [0.25, 0.3) is 5.91 Å². The van der Waals surface area contributed by atoms with Gasteiger partial charge >= 0.3 is 5.97 Å². The fourth-order valence-electron chi connectivity index (χ4n) is 1.61. The number of ether oxygens (including phenoxy) is 1. The minimum atomic E-state index is -0.452. The van der Waals surface area contributed by atoms with Gasteiger partial charge in [-0.3, -0.25) is 9.48 Å². The van der Waals surface area contributed by atoms with E-state index in [1.54, 1.807) is 37.5 Å². The molecule has 0 saturated carbocycles. The summed E-state index contributed by atoms with van der Waals surface area (Å²) >= 11 is 0. The molecule has 0 aliphatic carbocycles. The van der Waals surface area contributed by atoms with Gasteiger partial charge in [-0.1, -0.05) is 18.2 Å². The SMILES string of the molecule is Cn1cc(C(=O)OCCNC(=O)c2ccccc2)cn1. The minimum Gasteiger partial charge on any atom is -0.460 e. The number of esters is 1. The van der Waals surface area contributed by atoms with Gasteiger partial charge in [0.1, 0.15) is 6.61 Å². The maximum absolute atomic E-state index is 11.7.